The van der Waals surface area contributed by atoms with Crippen LogP contribution in [0, 0.1) is 0 Å². The fourth-order valence-corrected chi connectivity index (χ4v) is 0.791. The number of rotatable bonds is 0. The molecule has 2 aliphatic rings. The molecule has 2 unspecified atom stereocenters. The van der Waals surface area contributed by atoms with E-state index in [0.717, 1.165) is 13.2 Å². The molecular formula is C3H7N3. The second kappa shape index (κ2) is 0.753. The summed E-state index contributed by atoms with van der Waals surface area (Å²) in [7, 11) is 0. The summed E-state index contributed by atoms with van der Waals surface area (Å²) in [5, 5.41) is 5.35. The molecule has 34 valence electrons. The highest BCUT2D eigenvalue weighted by Crippen LogP contribution is 2.09. The zero-order chi connectivity index (χ0) is 3.98. The Kier molecular flexibility index (Phi) is 0.371. The van der Waals surface area contributed by atoms with Gasteiger partial charge >= 0.3 is 0 Å². The fraction of sp³-hybridized carbons (Fsp3) is 1.00. The molecule has 2 aliphatic heterocycles. The van der Waals surface area contributed by atoms with Gasteiger partial charge in [-0.15, -0.1) is 0 Å². The van der Waals surface area contributed by atoms with Gasteiger partial charge in [0, 0.05) is 6.54 Å². The summed E-state index contributed by atoms with van der Waals surface area (Å²) in [6, 6.07) is 0. The van der Waals surface area contributed by atoms with Crippen molar-refractivity contribution in [3.8, 4) is 0 Å². The molecule has 0 bridgehead atoms. The van der Waals surface area contributed by atoms with Crippen LogP contribution in [0.25, 0.3) is 0 Å². The highest BCUT2D eigenvalue weighted by Gasteiger charge is 2.36. The van der Waals surface area contributed by atoms with Crippen molar-refractivity contribution in [2.75, 3.05) is 13.2 Å². The maximum absolute atomic E-state index is 3.19. The van der Waals surface area contributed by atoms with Gasteiger partial charge in [0.25, 0.3) is 0 Å². The third-order valence-corrected chi connectivity index (χ3v) is 1.24. The van der Waals surface area contributed by atoms with Crippen molar-refractivity contribution < 1.29 is 0 Å². The third kappa shape index (κ3) is 0.228. The lowest BCUT2D eigenvalue weighted by Crippen LogP contribution is -2.19. The van der Waals surface area contributed by atoms with E-state index in [9.17, 15) is 0 Å². The summed E-state index contributed by atoms with van der Waals surface area (Å²) in [6.45, 7) is 2.16. The standard InChI is InChI=1S/C3H7N3/c1-3-5-6(3)2-4-1/h3-5H,1-2H2. The van der Waals surface area contributed by atoms with E-state index in [-0.39, 0.29) is 0 Å². The van der Waals surface area contributed by atoms with Crippen molar-refractivity contribution in [1.82, 2.24) is 15.8 Å². The van der Waals surface area contributed by atoms with Gasteiger partial charge in [0.1, 0.15) is 6.17 Å². The Bertz CT molecular complexity index is 64.4. The van der Waals surface area contributed by atoms with Gasteiger partial charge in [0.15, 0.2) is 0 Å². The van der Waals surface area contributed by atoms with Gasteiger partial charge in [-0.1, -0.05) is 0 Å². The summed E-state index contributed by atoms with van der Waals surface area (Å²) in [5.41, 5.74) is 3.14. The van der Waals surface area contributed by atoms with Crippen LogP contribution >= 0.6 is 0 Å². The minimum atomic E-state index is 0.685. The van der Waals surface area contributed by atoms with Crippen molar-refractivity contribution in [3.63, 3.8) is 0 Å². The summed E-state index contributed by atoms with van der Waals surface area (Å²) in [5.74, 6) is 0. The molecule has 3 nitrogen and oxygen atoms in total. The minimum Gasteiger partial charge on any atom is -0.300 e. The minimum absolute atomic E-state index is 0.685. The van der Waals surface area contributed by atoms with E-state index in [2.05, 4.69) is 15.8 Å². The molecule has 2 N–H and O–H groups in total. The molecule has 0 radical (unpaired) electrons. The molecule has 2 fully saturated rings. The van der Waals surface area contributed by atoms with E-state index in [4.69, 9.17) is 0 Å². The molecule has 2 rings (SSSR count). The molecule has 3 heteroatoms. The molecule has 0 aromatic heterocycles. The molecule has 0 amide bonds. The Morgan fingerprint density at radius 3 is 2.83 bits per heavy atom. The first kappa shape index (κ1) is 2.96. The smallest absolute Gasteiger partial charge is 0.100 e. The third-order valence-electron chi connectivity index (χ3n) is 1.24. The predicted octanol–water partition coefficient (Wildman–Crippen LogP) is -1.31. The number of hydrogen-bond acceptors (Lipinski definition) is 3. The lowest BCUT2D eigenvalue weighted by atomic mass is 10.6. The van der Waals surface area contributed by atoms with Crippen LogP contribution in [0.1, 0.15) is 0 Å². The largest absolute Gasteiger partial charge is 0.300 e. The van der Waals surface area contributed by atoms with Crippen LogP contribution in [0.3, 0.4) is 0 Å². The van der Waals surface area contributed by atoms with Crippen LogP contribution in [-0.4, -0.2) is 24.4 Å². The van der Waals surface area contributed by atoms with E-state index in [1.54, 1.807) is 0 Å². The van der Waals surface area contributed by atoms with Crippen LogP contribution in [0.4, 0.5) is 0 Å². The lowest BCUT2D eigenvalue weighted by Gasteiger charge is -1.87. The van der Waals surface area contributed by atoms with Crippen LogP contribution in [0.2, 0.25) is 0 Å². The monoisotopic (exact) mass is 85.1 g/mol. The average molecular weight is 85.1 g/mol. The summed E-state index contributed by atoms with van der Waals surface area (Å²) in [4.78, 5) is 0. The van der Waals surface area contributed by atoms with E-state index in [0.29, 0.717) is 6.17 Å². The fourth-order valence-electron chi connectivity index (χ4n) is 0.791. The molecule has 0 aliphatic carbocycles. The highest BCUT2D eigenvalue weighted by atomic mass is 15.8. The van der Waals surface area contributed by atoms with Crippen molar-refractivity contribution >= 4 is 0 Å². The van der Waals surface area contributed by atoms with Gasteiger partial charge in [-0.2, -0.15) is 0 Å². The normalized spacial score (nSPS) is 52.0. The maximum atomic E-state index is 3.19. The van der Waals surface area contributed by atoms with Crippen molar-refractivity contribution in [3.05, 3.63) is 0 Å². The number of nitrogens with zero attached hydrogens (tertiary/aromatic N) is 1. The molecule has 2 atom stereocenters. The molecule has 2 heterocycles. The Morgan fingerprint density at radius 2 is 2.67 bits per heavy atom. The second-order valence-electron chi connectivity index (χ2n) is 1.73. The van der Waals surface area contributed by atoms with Gasteiger partial charge in [0.2, 0.25) is 0 Å². The first-order valence-electron chi connectivity index (χ1n) is 2.20. The van der Waals surface area contributed by atoms with Gasteiger partial charge in [-0.05, 0) is 0 Å². The summed E-state index contributed by atoms with van der Waals surface area (Å²) < 4.78 is 0. The van der Waals surface area contributed by atoms with Crippen LogP contribution in [0.15, 0.2) is 0 Å². The number of hydrazine groups is 1. The van der Waals surface area contributed by atoms with Gasteiger partial charge < -0.3 is 5.32 Å². The van der Waals surface area contributed by atoms with Crippen molar-refractivity contribution in [1.29, 1.82) is 0 Å². The van der Waals surface area contributed by atoms with E-state index in [1.165, 1.54) is 0 Å². The molecule has 6 heavy (non-hydrogen) atoms. The van der Waals surface area contributed by atoms with Gasteiger partial charge in [-0.25, -0.2) is 10.4 Å². The summed E-state index contributed by atoms with van der Waals surface area (Å²) in [6.07, 6.45) is 0.685. The highest BCUT2D eigenvalue weighted by molar-refractivity contribution is 4.85. The first-order chi connectivity index (χ1) is 2.97. The van der Waals surface area contributed by atoms with Crippen LogP contribution < -0.4 is 10.7 Å². The Balaban J connectivity index is 2.09. The van der Waals surface area contributed by atoms with E-state index >= 15 is 0 Å². The number of nitrogens with one attached hydrogen (secondary N) is 2. The van der Waals surface area contributed by atoms with Crippen LogP contribution in [0.5, 0.6) is 0 Å². The Hall–Kier alpha value is -0.120. The SMILES string of the molecule is C1NCN2NC12. The second-order valence-corrected chi connectivity index (χ2v) is 1.73. The first-order valence-corrected chi connectivity index (χ1v) is 2.20. The molecule has 0 aromatic rings. The zero-order valence-corrected chi connectivity index (χ0v) is 3.44. The average Bonchev–Trinajstić information content (AvgIpc) is 2.17. The number of hydrogen-bond donors (Lipinski definition) is 2. The molecule has 2 saturated heterocycles. The van der Waals surface area contributed by atoms with Crippen molar-refractivity contribution in [2.45, 2.75) is 6.17 Å². The Morgan fingerprint density at radius 1 is 1.67 bits per heavy atom. The zero-order valence-electron chi connectivity index (χ0n) is 3.44. The molecule has 0 aromatic carbocycles. The Labute approximate surface area is 36.3 Å². The van der Waals surface area contributed by atoms with E-state index < -0.39 is 0 Å². The topological polar surface area (TPSA) is 37.0 Å². The molecule has 0 spiro atoms. The lowest BCUT2D eigenvalue weighted by molar-refractivity contribution is 0.512. The molecular weight excluding hydrogens is 78.1 g/mol. The van der Waals surface area contributed by atoms with E-state index in [1.807, 2.05) is 0 Å². The van der Waals surface area contributed by atoms with Crippen LogP contribution in [-0.2, 0) is 0 Å². The number of fused-ring (bicyclic) bond motifs is 1. The maximum Gasteiger partial charge on any atom is 0.100 e. The predicted molar refractivity (Wildman–Crippen MR) is 21.6 cm³/mol. The van der Waals surface area contributed by atoms with Gasteiger partial charge in [-0.3, -0.25) is 0 Å². The van der Waals surface area contributed by atoms with Crippen molar-refractivity contribution in [2.24, 2.45) is 0 Å². The summed E-state index contributed by atoms with van der Waals surface area (Å²) >= 11 is 0. The quantitative estimate of drug-likeness (QED) is 0.359. The van der Waals surface area contributed by atoms with Gasteiger partial charge in [0.05, 0.1) is 6.67 Å². The molecule has 0 saturated carbocycles.